The molecule has 1 unspecified atom stereocenters. The van der Waals surface area contributed by atoms with Crippen molar-refractivity contribution in [3.05, 3.63) is 95.6 Å². The third-order valence-electron chi connectivity index (χ3n) is 8.67. The maximum Gasteiger partial charge on any atom is 0.259 e. The number of nitrogens with zero attached hydrogens (tertiary/aromatic N) is 1. The van der Waals surface area contributed by atoms with E-state index in [0.717, 1.165) is 47.5 Å². The number of unbranched alkanes of at least 4 members (excludes halogenated alkanes) is 6. The Labute approximate surface area is 323 Å². The van der Waals surface area contributed by atoms with E-state index < -0.39 is 14.1 Å². The lowest BCUT2D eigenvalue weighted by Gasteiger charge is -2.36. The van der Waals surface area contributed by atoms with Crippen LogP contribution in [0.2, 0.25) is 0 Å². The lowest BCUT2D eigenvalue weighted by Crippen LogP contribution is -2.34. The van der Waals surface area contributed by atoms with Crippen LogP contribution < -0.4 is 15.4 Å². The van der Waals surface area contributed by atoms with Crippen LogP contribution in [-0.2, 0) is 24.2 Å². The highest BCUT2D eigenvalue weighted by Gasteiger charge is 2.37. The summed E-state index contributed by atoms with van der Waals surface area (Å²) < 4.78 is 32.5. The molecule has 0 aliphatic heterocycles. The first kappa shape index (κ1) is 44.5. The van der Waals surface area contributed by atoms with Crippen LogP contribution in [0, 0.1) is 0 Å². The first-order valence-electron chi connectivity index (χ1n) is 18.8. The Balaban J connectivity index is 1.36. The minimum atomic E-state index is -1.12. The van der Waals surface area contributed by atoms with Crippen molar-refractivity contribution in [1.82, 2.24) is 4.67 Å². The van der Waals surface area contributed by atoms with Gasteiger partial charge in [-0.15, -0.1) is 0 Å². The second kappa shape index (κ2) is 26.0. The number of benzene rings is 3. The summed E-state index contributed by atoms with van der Waals surface area (Å²) in [6.07, 6.45) is 9.27. The minimum absolute atomic E-state index is 0.343. The fourth-order valence-corrected chi connectivity index (χ4v) is 10.0. The van der Waals surface area contributed by atoms with Gasteiger partial charge in [-0.2, -0.15) is 0 Å². The average Bonchev–Trinajstić information content (AvgIpc) is 3.16. The maximum absolute atomic E-state index is 6.99. The van der Waals surface area contributed by atoms with E-state index in [4.69, 9.17) is 29.2 Å². The van der Waals surface area contributed by atoms with E-state index in [1.54, 1.807) is 14.2 Å². The summed E-state index contributed by atoms with van der Waals surface area (Å²) in [6.45, 7) is 10.9. The van der Waals surface area contributed by atoms with E-state index >= 15 is 0 Å². The molecule has 0 aliphatic carbocycles. The van der Waals surface area contributed by atoms with E-state index in [-0.39, 0.29) is 0 Å². The molecule has 0 saturated carbocycles. The number of rotatable bonds is 29. The first-order chi connectivity index (χ1) is 25.4. The van der Waals surface area contributed by atoms with Crippen LogP contribution in [0.4, 0.5) is 0 Å². The summed E-state index contributed by atoms with van der Waals surface area (Å²) in [7, 11) is 6.29. The summed E-state index contributed by atoms with van der Waals surface area (Å²) in [5.41, 5.74) is 2.49. The lowest BCUT2D eigenvalue weighted by molar-refractivity contribution is 0.0106. The molecule has 0 aromatic heterocycles. The summed E-state index contributed by atoms with van der Waals surface area (Å²) in [6, 6.07) is 27.7. The zero-order chi connectivity index (χ0) is 37.4. The smallest absolute Gasteiger partial charge is 0.259 e. The second-order valence-corrected chi connectivity index (χ2v) is 17.3. The molecule has 0 saturated heterocycles. The highest BCUT2D eigenvalue weighted by molar-refractivity contribution is 8.76. The predicted molar refractivity (Wildman–Crippen MR) is 221 cm³/mol. The number of hydrogen-bond donors (Lipinski definition) is 1. The van der Waals surface area contributed by atoms with E-state index in [9.17, 15) is 0 Å². The average molecular weight is 775 g/mol. The Bertz CT molecular complexity index is 1270. The summed E-state index contributed by atoms with van der Waals surface area (Å²) in [4.78, 5) is 4.68. The van der Waals surface area contributed by atoms with Gasteiger partial charge < -0.3 is 28.1 Å². The molecule has 290 valence electrons. The molecule has 2 N–H and O–H groups in total. The van der Waals surface area contributed by atoms with Crippen molar-refractivity contribution < 1.29 is 28.1 Å². The summed E-state index contributed by atoms with van der Waals surface area (Å²) in [5.74, 6) is 9.21. The van der Waals surface area contributed by atoms with Gasteiger partial charge in [0.25, 0.3) is 8.53 Å². The van der Waals surface area contributed by atoms with Gasteiger partial charge in [-0.05, 0) is 94.3 Å². The molecule has 11 heteroatoms. The molecule has 0 spiro atoms. The van der Waals surface area contributed by atoms with Gasteiger partial charge >= 0.3 is 0 Å². The van der Waals surface area contributed by atoms with E-state index in [0.29, 0.717) is 38.5 Å². The van der Waals surface area contributed by atoms with Crippen LogP contribution in [0.15, 0.2) is 78.9 Å². The zero-order valence-corrected chi connectivity index (χ0v) is 34.8. The maximum atomic E-state index is 6.99. The molecule has 0 amide bonds. The zero-order valence-electron chi connectivity index (χ0n) is 32.3. The normalized spacial score (nSPS) is 12.6. The molecule has 52 heavy (non-hydrogen) atoms. The fraction of sp³-hybridized carbons (Fsp3) is 0.561. The Hall–Kier alpha value is -1.85. The topological polar surface area (TPSA) is 84.6 Å². The van der Waals surface area contributed by atoms with Gasteiger partial charge in [0.1, 0.15) is 17.1 Å². The van der Waals surface area contributed by atoms with Gasteiger partial charge in [0.15, 0.2) is 0 Å². The number of nitrogens with two attached hydrogens (primary N) is 1. The molecule has 0 radical (unpaired) electrons. The van der Waals surface area contributed by atoms with E-state index in [1.807, 2.05) is 51.9 Å². The standard InChI is InChI=1S/C41H63N2O6PS2/c1-34(2)43(35(3)4)50(49-31-30-47-42)48-29-15-8-10-17-33-52-51-32-16-9-7-14-28-46-41(36-18-12-11-13-19-36,37-20-24-39(44-5)25-21-37)38-22-26-40(45-6)27-23-38/h11-13,18-27,34-35H,7-10,14-17,28-33,42H2,1-6H3. The highest BCUT2D eigenvalue weighted by Crippen LogP contribution is 2.46. The van der Waals surface area contributed by atoms with Crippen LogP contribution >= 0.6 is 30.1 Å². The molecule has 0 heterocycles. The molecule has 3 rings (SSSR count). The van der Waals surface area contributed by atoms with Gasteiger partial charge in [0.2, 0.25) is 0 Å². The predicted octanol–water partition coefficient (Wildman–Crippen LogP) is 10.8. The van der Waals surface area contributed by atoms with Crippen LogP contribution in [0.5, 0.6) is 11.5 Å². The first-order valence-corrected chi connectivity index (χ1v) is 22.4. The molecule has 0 fully saturated rings. The SMILES string of the molecule is COc1ccc(C(OCCCCCCSSCCCCCCOP(OCCON)N(C(C)C)C(C)C)(c2ccccc2)c2ccc(OC)cc2)cc1. The quantitative estimate of drug-likeness (QED) is 0.0242. The van der Waals surface area contributed by atoms with Crippen molar-refractivity contribution in [3.8, 4) is 11.5 Å². The summed E-state index contributed by atoms with van der Waals surface area (Å²) in [5, 5.41) is 0. The van der Waals surface area contributed by atoms with Crippen molar-refractivity contribution in [2.24, 2.45) is 5.90 Å². The van der Waals surface area contributed by atoms with Crippen molar-refractivity contribution >= 4 is 30.1 Å². The Morgan fingerprint density at radius 1 is 0.577 bits per heavy atom. The van der Waals surface area contributed by atoms with E-state index in [2.05, 4.69) is 85.7 Å². The van der Waals surface area contributed by atoms with E-state index in [1.165, 1.54) is 43.6 Å². The molecule has 3 aromatic carbocycles. The minimum Gasteiger partial charge on any atom is -0.497 e. The second-order valence-electron chi connectivity index (χ2n) is 13.2. The Kier molecular flexibility index (Phi) is 22.3. The van der Waals surface area contributed by atoms with Crippen LogP contribution in [-0.4, -0.2) is 68.9 Å². The van der Waals surface area contributed by atoms with Gasteiger partial charge in [0, 0.05) is 30.2 Å². The van der Waals surface area contributed by atoms with Crippen LogP contribution in [0.25, 0.3) is 0 Å². The van der Waals surface area contributed by atoms with Crippen molar-refractivity contribution in [1.29, 1.82) is 0 Å². The number of methoxy groups -OCH3 is 2. The third-order valence-corrected chi connectivity index (χ3v) is 13.4. The third kappa shape index (κ3) is 14.8. The fourth-order valence-electron chi connectivity index (χ4n) is 6.10. The van der Waals surface area contributed by atoms with Crippen LogP contribution in [0.1, 0.15) is 95.8 Å². The highest BCUT2D eigenvalue weighted by atomic mass is 33.1. The molecule has 0 aliphatic rings. The number of ether oxygens (including phenoxy) is 3. The Morgan fingerprint density at radius 2 is 1.04 bits per heavy atom. The monoisotopic (exact) mass is 774 g/mol. The molecule has 1 atom stereocenters. The van der Waals surface area contributed by atoms with Crippen molar-refractivity contribution in [2.75, 3.05) is 52.2 Å². The van der Waals surface area contributed by atoms with Crippen molar-refractivity contribution in [3.63, 3.8) is 0 Å². The Morgan fingerprint density at radius 3 is 1.52 bits per heavy atom. The van der Waals surface area contributed by atoms with Gasteiger partial charge in [-0.1, -0.05) is 102 Å². The molecular formula is C41H63N2O6PS2. The number of hydrogen-bond acceptors (Lipinski definition) is 10. The largest absolute Gasteiger partial charge is 0.497 e. The lowest BCUT2D eigenvalue weighted by atomic mass is 9.80. The molecule has 0 bridgehead atoms. The van der Waals surface area contributed by atoms with Gasteiger partial charge in [-0.25, -0.2) is 10.6 Å². The molecule has 8 nitrogen and oxygen atoms in total. The van der Waals surface area contributed by atoms with Crippen molar-refractivity contribution in [2.45, 2.75) is 96.7 Å². The van der Waals surface area contributed by atoms with Gasteiger partial charge in [-0.3, -0.25) is 0 Å². The molecular weight excluding hydrogens is 712 g/mol. The van der Waals surface area contributed by atoms with Gasteiger partial charge in [0.05, 0.1) is 34.0 Å². The summed E-state index contributed by atoms with van der Waals surface area (Å²) >= 11 is 0. The van der Waals surface area contributed by atoms with Crippen LogP contribution in [0.3, 0.4) is 0 Å². The molecule has 3 aromatic rings.